The lowest BCUT2D eigenvalue weighted by Crippen LogP contribution is -2.51. The maximum absolute atomic E-state index is 13.5. The number of hydrogen-bond acceptors (Lipinski definition) is 3. The third kappa shape index (κ3) is 4.51. The molecule has 33 heavy (non-hydrogen) atoms. The lowest BCUT2D eigenvalue weighted by molar-refractivity contribution is -0.150. The van der Waals surface area contributed by atoms with E-state index in [1.165, 1.54) is 0 Å². The van der Waals surface area contributed by atoms with Crippen LogP contribution < -0.4 is 0 Å². The number of likely N-dealkylation sites (tertiary alicyclic amines) is 1. The Morgan fingerprint density at radius 3 is 2.45 bits per heavy atom. The molecule has 0 N–H and O–H groups in total. The summed E-state index contributed by atoms with van der Waals surface area (Å²) >= 11 is 0. The quantitative estimate of drug-likeness (QED) is 0.592. The smallest absolute Gasteiger partial charge is 0.254 e. The van der Waals surface area contributed by atoms with Crippen molar-refractivity contribution in [3.63, 3.8) is 0 Å². The summed E-state index contributed by atoms with van der Waals surface area (Å²) in [6.45, 7) is 4.34. The maximum Gasteiger partial charge on any atom is 0.254 e. The highest BCUT2D eigenvalue weighted by atomic mass is 16.5. The second-order valence-electron chi connectivity index (χ2n) is 9.21. The number of hydrogen-bond donors (Lipinski definition) is 0. The van der Waals surface area contributed by atoms with E-state index in [0.29, 0.717) is 31.7 Å². The minimum absolute atomic E-state index is 0.0156. The average molecular weight is 443 g/mol. The molecule has 0 aliphatic carbocycles. The SMILES string of the molecule is CC1CN(C(=O)C2CCCN(C(=O)c3cccc4ccccc34)C2)CC(c2ccccc2)O1. The van der Waals surface area contributed by atoms with E-state index in [1.807, 2.05) is 77.4 Å². The minimum atomic E-state index is -0.167. The van der Waals surface area contributed by atoms with E-state index in [-0.39, 0.29) is 29.9 Å². The van der Waals surface area contributed by atoms with E-state index >= 15 is 0 Å². The van der Waals surface area contributed by atoms with Gasteiger partial charge in [0.2, 0.25) is 5.91 Å². The number of carbonyl (C=O) groups excluding carboxylic acids is 2. The summed E-state index contributed by atoms with van der Waals surface area (Å²) in [5.41, 5.74) is 1.81. The number of benzene rings is 3. The van der Waals surface area contributed by atoms with Crippen LogP contribution in [0.3, 0.4) is 0 Å². The molecule has 5 rings (SSSR count). The summed E-state index contributed by atoms with van der Waals surface area (Å²) in [6, 6.07) is 23.9. The van der Waals surface area contributed by atoms with Crippen molar-refractivity contribution < 1.29 is 14.3 Å². The monoisotopic (exact) mass is 442 g/mol. The summed E-state index contributed by atoms with van der Waals surface area (Å²) in [5, 5.41) is 2.02. The van der Waals surface area contributed by atoms with Crippen molar-refractivity contribution in [2.24, 2.45) is 5.92 Å². The number of piperidine rings is 1. The Kier molecular flexibility index (Phi) is 6.14. The summed E-state index contributed by atoms with van der Waals surface area (Å²) < 4.78 is 6.14. The van der Waals surface area contributed by atoms with Crippen LogP contribution in [0.25, 0.3) is 10.8 Å². The molecule has 170 valence electrons. The van der Waals surface area contributed by atoms with Crippen LogP contribution >= 0.6 is 0 Å². The van der Waals surface area contributed by atoms with E-state index in [2.05, 4.69) is 12.1 Å². The first kappa shape index (κ1) is 21.7. The first-order valence-corrected chi connectivity index (χ1v) is 11.9. The van der Waals surface area contributed by atoms with E-state index in [0.717, 1.165) is 29.2 Å². The molecule has 3 atom stereocenters. The van der Waals surface area contributed by atoms with Crippen LogP contribution in [0.2, 0.25) is 0 Å². The van der Waals surface area contributed by atoms with Gasteiger partial charge in [-0.15, -0.1) is 0 Å². The van der Waals surface area contributed by atoms with Gasteiger partial charge < -0.3 is 14.5 Å². The molecule has 0 spiro atoms. The summed E-state index contributed by atoms with van der Waals surface area (Å²) in [5.74, 6) is -0.0114. The number of carbonyl (C=O) groups is 2. The van der Waals surface area contributed by atoms with Crippen LogP contribution in [0.4, 0.5) is 0 Å². The first-order valence-electron chi connectivity index (χ1n) is 11.9. The molecule has 2 amide bonds. The third-order valence-corrected chi connectivity index (χ3v) is 6.82. The molecule has 2 aliphatic rings. The van der Waals surface area contributed by atoms with Crippen molar-refractivity contribution in [1.82, 2.24) is 9.80 Å². The molecule has 2 fully saturated rings. The molecule has 3 aromatic carbocycles. The van der Waals surface area contributed by atoms with Gasteiger partial charge in [-0.1, -0.05) is 66.7 Å². The highest BCUT2D eigenvalue weighted by molar-refractivity contribution is 6.07. The lowest BCUT2D eigenvalue weighted by atomic mass is 9.94. The number of amides is 2. The predicted octanol–water partition coefficient (Wildman–Crippen LogP) is 4.68. The molecule has 0 radical (unpaired) electrons. The van der Waals surface area contributed by atoms with Crippen LogP contribution in [0.15, 0.2) is 72.8 Å². The summed E-state index contributed by atoms with van der Waals surface area (Å²) in [4.78, 5) is 30.8. The lowest BCUT2D eigenvalue weighted by Gasteiger charge is -2.40. The fourth-order valence-corrected chi connectivity index (χ4v) is 5.19. The van der Waals surface area contributed by atoms with Gasteiger partial charge in [0, 0.05) is 25.2 Å². The topological polar surface area (TPSA) is 49.9 Å². The molecular formula is C28H30N2O3. The van der Waals surface area contributed by atoms with E-state index in [4.69, 9.17) is 4.74 Å². The zero-order valence-corrected chi connectivity index (χ0v) is 19.0. The molecule has 2 aliphatic heterocycles. The van der Waals surface area contributed by atoms with E-state index < -0.39 is 0 Å². The number of morpholine rings is 1. The number of rotatable bonds is 3. The molecule has 0 saturated carbocycles. The standard InChI is InChI=1S/C28H30N2O3/c1-20-17-30(19-26(33-20)22-10-3-2-4-11-22)27(31)23-13-8-16-29(18-23)28(32)25-15-7-12-21-9-5-6-14-24(21)25/h2-7,9-12,14-15,20,23,26H,8,13,16-19H2,1H3. The Labute approximate surface area is 194 Å². The zero-order valence-electron chi connectivity index (χ0n) is 19.0. The Morgan fingerprint density at radius 2 is 1.61 bits per heavy atom. The van der Waals surface area contributed by atoms with Crippen LogP contribution in [-0.2, 0) is 9.53 Å². The van der Waals surface area contributed by atoms with Gasteiger partial charge in [-0.25, -0.2) is 0 Å². The van der Waals surface area contributed by atoms with Crippen molar-refractivity contribution in [3.8, 4) is 0 Å². The van der Waals surface area contributed by atoms with Gasteiger partial charge in [0.1, 0.15) is 6.10 Å². The largest absolute Gasteiger partial charge is 0.367 e. The third-order valence-electron chi connectivity index (χ3n) is 6.82. The van der Waals surface area contributed by atoms with Crippen molar-refractivity contribution in [1.29, 1.82) is 0 Å². The van der Waals surface area contributed by atoms with Gasteiger partial charge in [-0.3, -0.25) is 9.59 Å². The van der Waals surface area contributed by atoms with Crippen molar-refractivity contribution in [3.05, 3.63) is 83.9 Å². The molecule has 0 bridgehead atoms. The van der Waals surface area contributed by atoms with Crippen LogP contribution in [0.1, 0.15) is 41.8 Å². The molecule has 5 nitrogen and oxygen atoms in total. The normalized spacial score (nSPS) is 23.5. The van der Waals surface area contributed by atoms with E-state index in [9.17, 15) is 9.59 Å². The number of fused-ring (bicyclic) bond motifs is 1. The minimum Gasteiger partial charge on any atom is -0.367 e. The molecule has 3 unspecified atom stereocenters. The Bertz CT molecular complexity index is 1140. The Morgan fingerprint density at radius 1 is 0.848 bits per heavy atom. The fourth-order valence-electron chi connectivity index (χ4n) is 5.19. The van der Waals surface area contributed by atoms with Crippen LogP contribution in [-0.4, -0.2) is 53.9 Å². The van der Waals surface area contributed by atoms with Crippen LogP contribution in [0.5, 0.6) is 0 Å². The van der Waals surface area contributed by atoms with Gasteiger partial charge in [0.05, 0.1) is 18.6 Å². The molecule has 3 aromatic rings. The highest BCUT2D eigenvalue weighted by Crippen LogP contribution is 2.29. The molecule has 0 aromatic heterocycles. The van der Waals surface area contributed by atoms with Gasteiger partial charge >= 0.3 is 0 Å². The number of ether oxygens (including phenoxy) is 1. The van der Waals surface area contributed by atoms with Crippen molar-refractivity contribution in [2.75, 3.05) is 26.2 Å². The zero-order chi connectivity index (χ0) is 22.8. The second kappa shape index (κ2) is 9.36. The first-order chi connectivity index (χ1) is 16.1. The van der Waals surface area contributed by atoms with Crippen LogP contribution in [0, 0.1) is 5.92 Å². The molecular weight excluding hydrogens is 412 g/mol. The van der Waals surface area contributed by atoms with Gasteiger partial charge in [0.15, 0.2) is 0 Å². The second-order valence-corrected chi connectivity index (χ2v) is 9.21. The van der Waals surface area contributed by atoms with Gasteiger partial charge in [0.25, 0.3) is 5.91 Å². The molecule has 2 saturated heterocycles. The predicted molar refractivity (Wildman–Crippen MR) is 129 cm³/mol. The highest BCUT2D eigenvalue weighted by Gasteiger charge is 2.36. The van der Waals surface area contributed by atoms with Gasteiger partial charge in [-0.2, -0.15) is 0 Å². The van der Waals surface area contributed by atoms with Crippen molar-refractivity contribution >= 4 is 22.6 Å². The Hall–Kier alpha value is -3.18. The average Bonchev–Trinajstić information content (AvgIpc) is 2.87. The fraction of sp³-hybridized carbons (Fsp3) is 0.357. The molecule has 2 heterocycles. The van der Waals surface area contributed by atoms with E-state index in [1.54, 1.807) is 0 Å². The maximum atomic E-state index is 13.5. The summed E-state index contributed by atoms with van der Waals surface area (Å²) in [6.07, 6.45) is 1.52. The Balaban J connectivity index is 1.31. The number of nitrogens with zero attached hydrogens (tertiary/aromatic N) is 2. The summed E-state index contributed by atoms with van der Waals surface area (Å²) in [7, 11) is 0. The van der Waals surface area contributed by atoms with Gasteiger partial charge in [-0.05, 0) is 42.2 Å². The van der Waals surface area contributed by atoms with Crippen molar-refractivity contribution in [2.45, 2.75) is 32.0 Å². The molecule has 5 heteroatoms.